The first-order valence-electron chi connectivity index (χ1n) is 9.82. The lowest BCUT2D eigenvalue weighted by Gasteiger charge is -2.10. The molecule has 0 fully saturated rings. The van der Waals surface area contributed by atoms with Crippen LogP contribution in [0.15, 0.2) is 48.0 Å². The first kappa shape index (κ1) is 22.7. The highest BCUT2D eigenvalue weighted by Gasteiger charge is 2.30. The lowest BCUT2D eigenvalue weighted by Crippen LogP contribution is -2.25. The number of nitrogens with zero attached hydrogens (tertiary/aromatic N) is 2. The first-order chi connectivity index (χ1) is 14.9. The maximum Gasteiger partial charge on any atom is 0.416 e. The van der Waals surface area contributed by atoms with Crippen LogP contribution in [-0.2, 0) is 23.9 Å². The third-order valence-electron chi connectivity index (χ3n) is 4.39. The van der Waals surface area contributed by atoms with Gasteiger partial charge < -0.3 is 10.1 Å². The van der Waals surface area contributed by atoms with E-state index in [1.54, 1.807) is 23.7 Å². The van der Waals surface area contributed by atoms with E-state index >= 15 is 0 Å². The van der Waals surface area contributed by atoms with Gasteiger partial charge in [-0.1, -0.05) is 31.5 Å². The van der Waals surface area contributed by atoms with Crippen molar-refractivity contribution in [2.75, 3.05) is 6.61 Å². The van der Waals surface area contributed by atoms with Crippen molar-refractivity contribution in [1.82, 2.24) is 15.3 Å². The number of nitrogens with one attached hydrogen (secondary N) is 1. The summed E-state index contributed by atoms with van der Waals surface area (Å²) >= 11 is 1.20. The summed E-state index contributed by atoms with van der Waals surface area (Å²) in [5.74, 6) is 0.251. The van der Waals surface area contributed by atoms with Crippen LogP contribution in [0.1, 0.15) is 36.6 Å². The quantitative estimate of drug-likeness (QED) is 0.453. The number of thiazole rings is 1. The lowest BCUT2D eigenvalue weighted by molar-refractivity contribution is -0.137. The summed E-state index contributed by atoms with van der Waals surface area (Å²) in [7, 11) is 0. The smallest absolute Gasteiger partial charge is 0.416 e. The van der Waals surface area contributed by atoms with Gasteiger partial charge in [-0.3, -0.25) is 4.79 Å². The molecular formula is C22H22F3N3O2S. The van der Waals surface area contributed by atoms with Crippen molar-refractivity contribution in [3.63, 3.8) is 0 Å². The van der Waals surface area contributed by atoms with Gasteiger partial charge in [0.15, 0.2) is 0 Å². The third-order valence-corrected chi connectivity index (χ3v) is 5.33. The Kier molecular flexibility index (Phi) is 7.62. The number of rotatable bonds is 9. The summed E-state index contributed by atoms with van der Waals surface area (Å²) in [4.78, 5) is 20.9. The standard InChI is InChI=1S/C22H22F3N3O2S/c1-2-3-10-30-20-16(7-5-9-26-20)13-27-19(29)12-18-14-31-21(28-18)15-6-4-8-17(11-15)22(23,24)25/h4-9,11,14H,2-3,10,12-13H2,1H3,(H,27,29). The normalized spacial score (nSPS) is 11.4. The van der Waals surface area contributed by atoms with Crippen LogP contribution in [-0.4, -0.2) is 22.5 Å². The van der Waals surface area contributed by atoms with E-state index in [1.807, 2.05) is 6.07 Å². The predicted octanol–water partition coefficient (Wildman–Crippen LogP) is 5.26. The molecule has 0 aliphatic carbocycles. The van der Waals surface area contributed by atoms with Crippen LogP contribution in [0, 0.1) is 0 Å². The second-order valence-corrected chi connectivity index (χ2v) is 7.70. The molecule has 0 atom stereocenters. The number of aromatic nitrogens is 2. The van der Waals surface area contributed by atoms with Gasteiger partial charge >= 0.3 is 6.18 Å². The number of hydrogen-bond acceptors (Lipinski definition) is 5. The maximum atomic E-state index is 12.9. The average molecular weight is 449 g/mol. The topological polar surface area (TPSA) is 64.1 Å². The number of halogens is 3. The first-order valence-corrected chi connectivity index (χ1v) is 10.7. The van der Waals surface area contributed by atoms with E-state index in [0.717, 1.165) is 30.5 Å². The number of carbonyl (C=O) groups is 1. The molecule has 0 spiro atoms. The summed E-state index contributed by atoms with van der Waals surface area (Å²) in [5.41, 5.74) is 0.916. The average Bonchev–Trinajstić information content (AvgIpc) is 3.21. The number of ether oxygens (including phenoxy) is 1. The molecule has 0 aliphatic heterocycles. The summed E-state index contributed by atoms with van der Waals surface area (Å²) in [6, 6.07) is 8.61. The molecule has 9 heteroatoms. The molecule has 3 rings (SSSR count). The third kappa shape index (κ3) is 6.52. The number of pyridine rings is 1. The molecule has 1 N–H and O–H groups in total. The SMILES string of the molecule is CCCCOc1ncccc1CNC(=O)Cc1csc(-c2cccc(C(F)(F)F)c2)n1. The van der Waals surface area contributed by atoms with Crippen molar-refractivity contribution in [3.8, 4) is 16.5 Å². The number of alkyl halides is 3. The van der Waals surface area contributed by atoms with Crippen LogP contribution in [0.25, 0.3) is 10.6 Å². The summed E-state index contributed by atoms with van der Waals surface area (Å²) in [6.45, 7) is 2.89. The number of carbonyl (C=O) groups excluding carboxylic acids is 1. The Balaban J connectivity index is 1.59. The van der Waals surface area contributed by atoms with Crippen LogP contribution in [0.5, 0.6) is 5.88 Å². The lowest BCUT2D eigenvalue weighted by atomic mass is 10.1. The second-order valence-electron chi connectivity index (χ2n) is 6.85. The molecule has 2 aromatic heterocycles. The van der Waals surface area contributed by atoms with E-state index in [9.17, 15) is 18.0 Å². The fraction of sp³-hybridized carbons (Fsp3) is 0.318. The fourth-order valence-electron chi connectivity index (χ4n) is 2.77. The minimum Gasteiger partial charge on any atom is -0.477 e. The van der Waals surface area contributed by atoms with E-state index in [2.05, 4.69) is 22.2 Å². The molecule has 0 saturated heterocycles. The predicted molar refractivity (Wildman–Crippen MR) is 113 cm³/mol. The summed E-state index contributed by atoms with van der Waals surface area (Å²) in [6.07, 6.45) is -0.824. The molecule has 164 valence electrons. The van der Waals surface area contributed by atoms with Crippen molar-refractivity contribution in [2.24, 2.45) is 0 Å². The zero-order chi connectivity index (χ0) is 22.3. The highest BCUT2D eigenvalue weighted by molar-refractivity contribution is 7.13. The van der Waals surface area contributed by atoms with Crippen molar-refractivity contribution >= 4 is 17.2 Å². The molecule has 1 aromatic carbocycles. The van der Waals surface area contributed by atoms with Crippen LogP contribution in [0.4, 0.5) is 13.2 Å². The van der Waals surface area contributed by atoms with E-state index in [4.69, 9.17) is 4.74 Å². The number of benzene rings is 1. The number of unbranched alkanes of at least 4 members (excludes halogenated alkanes) is 1. The molecule has 2 heterocycles. The van der Waals surface area contributed by atoms with Crippen molar-refractivity contribution in [3.05, 3.63) is 64.8 Å². The molecular weight excluding hydrogens is 427 g/mol. The van der Waals surface area contributed by atoms with Gasteiger partial charge in [-0.2, -0.15) is 13.2 Å². The maximum absolute atomic E-state index is 12.9. The van der Waals surface area contributed by atoms with E-state index < -0.39 is 11.7 Å². The molecule has 0 aliphatic rings. The van der Waals surface area contributed by atoms with Gasteiger partial charge in [0.25, 0.3) is 0 Å². The molecule has 3 aromatic rings. The zero-order valence-electron chi connectivity index (χ0n) is 16.9. The van der Waals surface area contributed by atoms with Gasteiger partial charge in [0.1, 0.15) is 5.01 Å². The van der Waals surface area contributed by atoms with Gasteiger partial charge in [-0.15, -0.1) is 11.3 Å². The van der Waals surface area contributed by atoms with E-state index in [-0.39, 0.29) is 18.9 Å². The summed E-state index contributed by atoms with van der Waals surface area (Å²) in [5, 5.41) is 4.93. The molecule has 0 bridgehead atoms. The van der Waals surface area contributed by atoms with Crippen molar-refractivity contribution in [1.29, 1.82) is 0 Å². The molecule has 0 saturated carbocycles. The number of amides is 1. The Morgan fingerprint density at radius 2 is 2.06 bits per heavy atom. The largest absolute Gasteiger partial charge is 0.477 e. The zero-order valence-corrected chi connectivity index (χ0v) is 17.7. The Hall–Kier alpha value is -2.94. The van der Waals surface area contributed by atoms with Crippen molar-refractivity contribution < 1.29 is 22.7 Å². The van der Waals surface area contributed by atoms with Crippen molar-refractivity contribution in [2.45, 2.75) is 38.9 Å². The van der Waals surface area contributed by atoms with Crippen LogP contribution in [0.2, 0.25) is 0 Å². The van der Waals surface area contributed by atoms with Gasteiger partial charge in [0.2, 0.25) is 11.8 Å². The van der Waals surface area contributed by atoms with E-state index in [1.165, 1.54) is 17.4 Å². The fourth-order valence-corrected chi connectivity index (χ4v) is 3.59. The Morgan fingerprint density at radius 1 is 1.23 bits per heavy atom. The number of hydrogen-bond donors (Lipinski definition) is 1. The monoisotopic (exact) mass is 449 g/mol. The molecule has 0 unspecified atom stereocenters. The van der Waals surface area contributed by atoms with E-state index in [0.29, 0.717) is 28.8 Å². The van der Waals surface area contributed by atoms with Crippen LogP contribution < -0.4 is 10.1 Å². The molecule has 1 amide bonds. The van der Waals surface area contributed by atoms with Gasteiger partial charge in [-0.05, 0) is 24.6 Å². The Morgan fingerprint density at radius 3 is 2.84 bits per heavy atom. The molecule has 5 nitrogen and oxygen atoms in total. The summed E-state index contributed by atoms with van der Waals surface area (Å²) < 4.78 is 44.4. The van der Waals surface area contributed by atoms with Gasteiger partial charge in [0.05, 0.1) is 24.3 Å². The molecule has 0 radical (unpaired) electrons. The van der Waals surface area contributed by atoms with Crippen LogP contribution in [0.3, 0.4) is 0 Å². The Bertz CT molecular complexity index is 1020. The highest BCUT2D eigenvalue weighted by Crippen LogP contribution is 2.33. The van der Waals surface area contributed by atoms with Gasteiger partial charge in [-0.25, -0.2) is 9.97 Å². The second kappa shape index (κ2) is 10.4. The Labute approximate surface area is 182 Å². The van der Waals surface area contributed by atoms with Gasteiger partial charge in [0, 0.05) is 29.2 Å². The highest BCUT2D eigenvalue weighted by atomic mass is 32.1. The minimum absolute atomic E-state index is 0.0295. The minimum atomic E-state index is -4.42. The van der Waals surface area contributed by atoms with Crippen LogP contribution >= 0.6 is 11.3 Å². The molecule has 31 heavy (non-hydrogen) atoms.